The highest BCUT2D eigenvalue weighted by Gasteiger charge is 2.23. The molecule has 2 rings (SSSR count). The first kappa shape index (κ1) is 30.7. The van der Waals surface area contributed by atoms with Crippen LogP contribution < -0.4 is 4.57 Å². The van der Waals surface area contributed by atoms with Crippen molar-refractivity contribution in [2.75, 3.05) is 0 Å². The number of rotatable bonds is 24. The average molecular weight is 496 g/mol. The molecule has 204 valence electrons. The fourth-order valence-electron chi connectivity index (χ4n) is 5.65. The van der Waals surface area contributed by atoms with E-state index in [1.807, 2.05) is 0 Å². The van der Waals surface area contributed by atoms with E-state index in [0.29, 0.717) is 5.92 Å². The molecule has 1 aromatic heterocycles. The normalized spacial score (nSPS) is 12.3. The first-order valence-corrected chi connectivity index (χ1v) is 16.0. The number of para-hydroxylation sites is 1. The number of unbranched alkanes of at least 4 members (excludes halogenated alkanes) is 18. The van der Waals surface area contributed by atoms with Crippen molar-refractivity contribution in [3.8, 4) is 5.69 Å². The summed E-state index contributed by atoms with van der Waals surface area (Å²) in [6.07, 6.45) is 35.4. The van der Waals surface area contributed by atoms with Crippen LogP contribution in [0.25, 0.3) is 5.69 Å². The number of aromatic nitrogens is 2. The Morgan fingerprint density at radius 3 is 1.47 bits per heavy atom. The SMILES string of the molecule is CCCCCCCCCCCCCCCCCCC[C@H](CCCCC)c1[nH]cc[n+]1-c1ccccc1. The van der Waals surface area contributed by atoms with Gasteiger partial charge in [0.05, 0.1) is 5.92 Å². The first-order valence-electron chi connectivity index (χ1n) is 16.0. The third-order valence-corrected chi connectivity index (χ3v) is 7.95. The Balaban J connectivity index is 1.53. The summed E-state index contributed by atoms with van der Waals surface area (Å²) in [6.45, 7) is 4.61. The molecule has 0 aliphatic heterocycles. The Morgan fingerprint density at radius 2 is 0.972 bits per heavy atom. The van der Waals surface area contributed by atoms with Crippen molar-refractivity contribution < 1.29 is 4.57 Å². The molecule has 0 bridgehead atoms. The number of H-pyrrole nitrogens is 1. The summed E-state index contributed by atoms with van der Waals surface area (Å²) in [5.41, 5.74) is 1.27. The molecule has 1 aromatic carbocycles. The van der Waals surface area contributed by atoms with Crippen molar-refractivity contribution in [2.45, 2.75) is 161 Å². The summed E-state index contributed by atoms with van der Waals surface area (Å²) in [6, 6.07) is 10.8. The zero-order valence-corrected chi connectivity index (χ0v) is 24.1. The Morgan fingerprint density at radius 1 is 0.556 bits per heavy atom. The van der Waals surface area contributed by atoms with Gasteiger partial charge in [-0.1, -0.05) is 160 Å². The van der Waals surface area contributed by atoms with Gasteiger partial charge in [0.1, 0.15) is 18.1 Å². The zero-order valence-electron chi connectivity index (χ0n) is 24.1. The van der Waals surface area contributed by atoms with Crippen LogP contribution in [0, 0.1) is 0 Å². The fraction of sp³-hybridized carbons (Fsp3) is 0.735. The maximum atomic E-state index is 3.60. The molecule has 2 nitrogen and oxygen atoms in total. The predicted octanol–water partition coefficient (Wildman–Crippen LogP) is 11.0. The van der Waals surface area contributed by atoms with Gasteiger partial charge in [-0.15, -0.1) is 0 Å². The largest absolute Gasteiger partial charge is 0.262 e. The molecule has 0 aliphatic rings. The van der Waals surface area contributed by atoms with E-state index < -0.39 is 0 Å². The van der Waals surface area contributed by atoms with Crippen molar-refractivity contribution in [3.05, 3.63) is 48.5 Å². The maximum absolute atomic E-state index is 3.60. The van der Waals surface area contributed by atoms with Gasteiger partial charge in [-0.25, -0.2) is 4.98 Å². The van der Waals surface area contributed by atoms with Crippen LogP contribution >= 0.6 is 0 Å². The van der Waals surface area contributed by atoms with Gasteiger partial charge < -0.3 is 0 Å². The molecular weight excluding hydrogens is 436 g/mol. The quantitative estimate of drug-likeness (QED) is 0.110. The van der Waals surface area contributed by atoms with Gasteiger partial charge in [0.25, 0.3) is 5.82 Å². The van der Waals surface area contributed by atoms with E-state index in [9.17, 15) is 0 Å². The molecule has 0 amide bonds. The number of aromatic amines is 1. The van der Waals surface area contributed by atoms with E-state index in [1.165, 1.54) is 153 Å². The van der Waals surface area contributed by atoms with Crippen LogP contribution in [0.5, 0.6) is 0 Å². The smallest absolute Gasteiger partial charge is 0.247 e. The fourth-order valence-corrected chi connectivity index (χ4v) is 5.65. The second kappa shape index (κ2) is 21.5. The Bertz CT molecular complexity index is 720. The van der Waals surface area contributed by atoms with Crippen molar-refractivity contribution in [3.63, 3.8) is 0 Å². The lowest BCUT2D eigenvalue weighted by Crippen LogP contribution is -2.34. The number of imidazole rings is 1. The number of nitrogens with one attached hydrogen (secondary N) is 1. The maximum Gasteiger partial charge on any atom is 0.262 e. The minimum Gasteiger partial charge on any atom is -0.247 e. The molecule has 0 aliphatic carbocycles. The van der Waals surface area contributed by atoms with Gasteiger partial charge in [-0.05, 0) is 25.0 Å². The molecule has 0 saturated heterocycles. The van der Waals surface area contributed by atoms with Gasteiger partial charge >= 0.3 is 0 Å². The van der Waals surface area contributed by atoms with Gasteiger partial charge in [0, 0.05) is 0 Å². The number of benzene rings is 1. The van der Waals surface area contributed by atoms with E-state index in [0.717, 1.165) is 0 Å². The summed E-state index contributed by atoms with van der Waals surface area (Å²) >= 11 is 0. The summed E-state index contributed by atoms with van der Waals surface area (Å²) in [5, 5.41) is 0. The van der Waals surface area contributed by atoms with Crippen molar-refractivity contribution in [1.82, 2.24) is 4.98 Å². The molecule has 1 atom stereocenters. The number of hydrogen-bond donors (Lipinski definition) is 1. The van der Waals surface area contributed by atoms with Crippen LogP contribution in [0.2, 0.25) is 0 Å². The molecule has 0 saturated carbocycles. The van der Waals surface area contributed by atoms with E-state index in [2.05, 4.69) is 66.1 Å². The molecule has 0 radical (unpaired) electrons. The molecule has 0 unspecified atom stereocenters. The monoisotopic (exact) mass is 495 g/mol. The van der Waals surface area contributed by atoms with Crippen LogP contribution in [-0.2, 0) is 0 Å². The standard InChI is InChI=1S/C34H58N2/c1-3-5-7-8-9-10-11-12-13-14-15-16-17-18-19-20-23-27-32(26-22-6-4-2)34-35-30-31-36(34)33-28-24-21-25-29-33/h21,24-25,28-32H,3-20,22-23,26-27H2,1-2H3/p+1/t32-/m0/s1. The summed E-state index contributed by atoms with van der Waals surface area (Å²) < 4.78 is 2.38. The second-order valence-corrected chi connectivity index (χ2v) is 11.2. The van der Waals surface area contributed by atoms with Crippen LogP contribution in [0.3, 0.4) is 0 Å². The third-order valence-electron chi connectivity index (χ3n) is 7.95. The number of hydrogen-bond acceptors (Lipinski definition) is 0. The van der Waals surface area contributed by atoms with Crippen molar-refractivity contribution in [2.24, 2.45) is 0 Å². The molecule has 0 fully saturated rings. The lowest BCUT2D eigenvalue weighted by molar-refractivity contribution is -0.604. The molecule has 2 heteroatoms. The highest BCUT2D eigenvalue weighted by molar-refractivity contribution is 5.22. The number of nitrogens with zero attached hydrogens (tertiary/aromatic N) is 1. The van der Waals surface area contributed by atoms with Gasteiger partial charge in [0.2, 0.25) is 0 Å². The lowest BCUT2D eigenvalue weighted by atomic mass is 9.93. The topological polar surface area (TPSA) is 19.7 Å². The zero-order chi connectivity index (χ0) is 25.5. The summed E-state index contributed by atoms with van der Waals surface area (Å²) in [4.78, 5) is 3.60. The average Bonchev–Trinajstić information content (AvgIpc) is 3.40. The summed E-state index contributed by atoms with van der Waals surface area (Å²) in [7, 11) is 0. The van der Waals surface area contributed by atoms with Crippen molar-refractivity contribution >= 4 is 0 Å². The highest BCUT2D eigenvalue weighted by Crippen LogP contribution is 2.26. The predicted molar refractivity (Wildman–Crippen MR) is 158 cm³/mol. The van der Waals surface area contributed by atoms with Crippen molar-refractivity contribution in [1.29, 1.82) is 0 Å². The van der Waals surface area contributed by atoms with E-state index in [4.69, 9.17) is 0 Å². The molecule has 1 heterocycles. The lowest BCUT2D eigenvalue weighted by Gasteiger charge is -2.14. The Kier molecular flexibility index (Phi) is 18.3. The van der Waals surface area contributed by atoms with Crippen LogP contribution in [0.15, 0.2) is 42.7 Å². The molecule has 2 aromatic rings. The second-order valence-electron chi connectivity index (χ2n) is 11.2. The Labute approximate surface area is 224 Å². The van der Waals surface area contributed by atoms with Gasteiger partial charge in [-0.2, -0.15) is 4.57 Å². The van der Waals surface area contributed by atoms with E-state index in [1.54, 1.807) is 0 Å². The first-order chi connectivity index (χ1) is 17.9. The molecule has 1 N–H and O–H groups in total. The minimum atomic E-state index is 0.642. The minimum absolute atomic E-state index is 0.642. The van der Waals surface area contributed by atoms with Crippen LogP contribution in [0.4, 0.5) is 0 Å². The van der Waals surface area contributed by atoms with Crippen LogP contribution in [-0.4, -0.2) is 4.98 Å². The molecular formula is C34H59N2+. The van der Waals surface area contributed by atoms with E-state index >= 15 is 0 Å². The Hall–Kier alpha value is -1.57. The molecule has 36 heavy (non-hydrogen) atoms. The summed E-state index contributed by atoms with van der Waals surface area (Å²) in [5.74, 6) is 2.04. The van der Waals surface area contributed by atoms with Crippen LogP contribution in [0.1, 0.15) is 167 Å². The van der Waals surface area contributed by atoms with Gasteiger partial charge in [0.15, 0.2) is 0 Å². The van der Waals surface area contributed by atoms with E-state index in [-0.39, 0.29) is 0 Å². The van der Waals surface area contributed by atoms with Gasteiger partial charge in [-0.3, -0.25) is 0 Å². The molecule has 0 spiro atoms. The third kappa shape index (κ3) is 13.7. The highest BCUT2D eigenvalue weighted by atomic mass is 15.1.